The molecule has 0 bridgehead atoms. The molecule has 0 aliphatic carbocycles. The second-order valence-electron chi connectivity index (χ2n) is 6.05. The topological polar surface area (TPSA) is 92.7 Å². The normalized spacial score (nSPS) is 11.5. The van der Waals surface area contributed by atoms with E-state index in [2.05, 4.69) is 20.6 Å². The quantitative estimate of drug-likeness (QED) is 0.333. The molecule has 9 heteroatoms. The van der Waals surface area contributed by atoms with Crippen molar-refractivity contribution in [2.45, 2.75) is 31.8 Å². The molecule has 2 aromatic rings. The maximum atomic E-state index is 11.7. The Bertz CT molecular complexity index is 917. The highest BCUT2D eigenvalue weighted by Gasteiger charge is 2.11. The van der Waals surface area contributed by atoms with Gasteiger partial charge in [0.2, 0.25) is 5.88 Å². The van der Waals surface area contributed by atoms with Crippen molar-refractivity contribution >= 4 is 39.8 Å². The van der Waals surface area contributed by atoms with E-state index in [9.17, 15) is 8.42 Å². The second-order valence-corrected chi connectivity index (χ2v) is 8.04. The van der Waals surface area contributed by atoms with E-state index in [1.54, 1.807) is 32.3 Å². The largest absolute Gasteiger partial charge is 0.478 e. The van der Waals surface area contributed by atoms with Crippen molar-refractivity contribution in [1.82, 2.24) is 15.6 Å². The maximum Gasteiger partial charge on any atom is 0.218 e. The summed E-state index contributed by atoms with van der Waals surface area (Å²) in [6.07, 6.45) is 2.91. The number of halogens is 1. The van der Waals surface area contributed by atoms with E-state index < -0.39 is 9.84 Å². The monoisotopic (exact) mass is 518 g/mol. The first-order valence-corrected chi connectivity index (χ1v) is 10.5. The number of pyridine rings is 1. The molecule has 0 aliphatic rings. The molecule has 1 aromatic heterocycles. The lowest BCUT2D eigenvalue weighted by molar-refractivity contribution is 0.322. The van der Waals surface area contributed by atoms with E-state index in [1.165, 1.54) is 6.26 Å². The molecule has 0 fully saturated rings. The Balaban J connectivity index is 0.00000392. The van der Waals surface area contributed by atoms with Crippen LogP contribution in [0.5, 0.6) is 5.88 Å². The van der Waals surface area contributed by atoms with Gasteiger partial charge in [0.05, 0.1) is 11.5 Å². The molecular formula is C19H27IN4O3S. The summed E-state index contributed by atoms with van der Waals surface area (Å²) in [7, 11) is -1.51. The third-order valence-electron chi connectivity index (χ3n) is 3.90. The fourth-order valence-electron chi connectivity index (χ4n) is 2.65. The van der Waals surface area contributed by atoms with Crippen LogP contribution in [0.25, 0.3) is 0 Å². The van der Waals surface area contributed by atoms with Crippen molar-refractivity contribution in [3.05, 3.63) is 53.2 Å². The number of ether oxygens (including phenoxy) is 1. The molecule has 1 aromatic carbocycles. The number of sulfone groups is 1. The third kappa shape index (κ3) is 6.93. The Morgan fingerprint density at radius 3 is 2.54 bits per heavy atom. The zero-order valence-electron chi connectivity index (χ0n) is 16.5. The Morgan fingerprint density at radius 1 is 1.21 bits per heavy atom. The number of nitrogens with one attached hydrogen (secondary N) is 2. The van der Waals surface area contributed by atoms with Gasteiger partial charge in [-0.25, -0.2) is 13.4 Å². The van der Waals surface area contributed by atoms with Gasteiger partial charge in [0.1, 0.15) is 0 Å². The number of aliphatic imine (C=N–C) groups is 1. The van der Waals surface area contributed by atoms with Gasteiger partial charge in [-0.2, -0.15) is 0 Å². The number of benzene rings is 1. The SMILES string of the molecule is CCOc1ncccc1CNC(=NC)NCc1ccc(S(C)(=O)=O)c(C)c1.I. The molecule has 0 aliphatic heterocycles. The van der Waals surface area contributed by atoms with E-state index in [4.69, 9.17) is 4.74 Å². The Hall–Kier alpha value is -1.88. The molecule has 7 nitrogen and oxygen atoms in total. The van der Waals surface area contributed by atoms with Gasteiger partial charge < -0.3 is 15.4 Å². The summed E-state index contributed by atoms with van der Waals surface area (Å²) in [6, 6.07) is 9.12. The molecule has 2 N–H and O–H groups in total. The zero-order valence-corrected chi connectivity index (χ0v) is 19.7. The zero-order chi connectivity index (χ0) is 19.9. The molecule has 28 heavy (non-hydrogen) atoms. The molecule has 0 atom stereocenters. The van der Waals surface area contributed by atoms with Crippen molar-refractivity contribution in [2.75, 3.05) is 19.9 Å². The number of hydrogen-bond donors (Lipinski definition) is 2. The fourth-order valence-corrected chi connectivity index (χ4v) is 3.61. The molecule has 154 valence electrons. The van der Waals surface area contributed by atoms with Crippen molar-refractivity contribution in [1.29, 1.82) is 0 Å². The van der Waals surface area contributed by atoms with Crippen LogP contribution in [0.4, 0.5) is 0 Å². The van der Waals surface area contributed by atoms with Crippen molar-refractivity contribution < 1.29 is 13.2 Å². The van der Waals surface area contributed by atoms with Crippen LogP contribution in [0.2, 0.25) is 0 Å². The average Bonchev–Trinajstić information content (AvgIpc) is 2.62. The van der Waals surface area contributed by atoms with Crippen LogP contribution >= 0.6 is 24.0 Å². The van der Waals surface area contributed by atoms with E-state index in [0.29, 0.717) is 36.4 Å². The number of aryl methyl sites for hydroxylation is 1. The molecule has 0 saturated carbocycles. The molecule has 0 saturated heterocycles. The fraction of sp³-hybridized carbons (Fsp3) is 0.368. The first kappa shape index (κ1) is 24.2. The number of nitrogens with zero attached hydrogens (tertiary/aromatic N) is 2. The van der Waals surface area contributed by atoms with Gasteiger partial charge >= 0.3 is 0 Å². The van der Waals surface area contributed by atoms with Gasteiger partial charge in [-0.15, -0.1) is 24.0 Å². The van der Waals surface area contributed by atoms with Crippen LogP contribution in [-0.2, 0) is 22.9 Å². The molecule has 0 radical (unpaired) electrons. The summed E-state index contributed by atoms with van der Waals surface area (Å²) in [4.78, 5) is 8.80. The third-order valence-corrected chi connectivity index (χ3v) is 5.16. The molecular weight excluding hydrogens is 491 g/mol. The highest BCUT2D eigenvalue weighted by atomic mass is 127. The molecule has 0 amide bonds. The van der Waals surface area contributed by atoms with Gasteiger partial charge in [-0.1, -0.05) is 18.2 Å². The van der Waals surface area contributed by atoms with Gasteiger partial charge in [0.15, 0.2) is 15.8 Å². The first-order valence-electron chi connectivity index (χ1n) is 8.66. The highest BCUT2D eigenvalue weighted by molar-refractivity contribution is 14.0. The van der Waals surface area contributed by atoms with Crippen LogP contribution in [0.1, 0.15) is 23.6 Å². The first-order chi connectivity index (χ1) is 12.8. The van der Waals surface area contributed by atoms with Gasteiger partial charge in [0, 0.05) is 38.2 Å². The summed E-state index contributed by atoms with van der Waals surface area (Å²) in [5, 5.41) is 6.45. The minimum atomic E-state index is -3.21. The predicted molar refractivity (Wildman–Crippen MR) is 122 cm³/mol. The predicted octanol–water partition coefficient (Wildman–Crippen LogP) is 2.68. The van der Waals surface area contributed by atoms with Crippen molar-refractivity contribution in [3.8, 4) is 5.88 Å². The van der Waals surface area contributed by atoms with Crippen LogP contribution < -0.4 is 15.4 Å². The number of aromatic nitrogens is 1. The number of guanidine groups is 1. The summed E-state index contributed by atoms with van der Waals surface area (Å²) >= 11 is 0. The van der Waals surface area contributed by atoms with Crippen LogP contribution in [-0.4, -0.2) is 39.3 Å². The van der Waals surface area contributed by atoms with Crippen LogP contribution in [0.15, 0.2) is 46.4 Å². The van der Waals surface area contributed by atoms with Gasteiger partial charge in [-0.3, -0.25) is 4.99 Å². The number of rotatable bonds is 7. The van der Waals surface area contributed by atoms with Crippen LogP contribution in [0.3, 0.4) is 0 Å². The summed E-state index contributed by atoms with van der Waals surface area (Å²) in [6.45, 7) is 5.32. The minimum Gasteiger partial charge on any atom is -0.478 e. The average molecular weight is 518 g/mol. The Kier molecular flexibility index (Phi) is 9.66. The van der Waals surface area contributed by atoms with Crippen LogP contribution in [0, 0.1) is 6.92 Å². The highest BCUT2D eigenvalue weighted by Crippen LogP contribution is 2.17. The smallest absolute Gasteiger partial charge is 0.218 e. The van der Waals surface area contributed by atoms with Gasteiger partial charge in [0.25, 0.3) is 0 Å². The van der Waals surface area contributed by atoms with E-state index in [1.807, 2.05) is 25.1 Å². The Labute approximate surface area is 184 Å². The lowest BCUT2D eigenvalue weighted by Crippen LogP contribution is -2.36. The maximum absolute atomic E-state index is 11.7. The summed E-state index contributed by atoms with van der Waals surface area (Å²) in [5.74, 6) is 1.24. The van der Waals surface area contributed by atoms with E-state index >= 15 is 0 Å². The molecule has 2 rings (SSSR count). The van der Waals surface area contributed by atoms with E-state index in [-0.39, 0.29) is 24.0 Å². The lowest BCUT2D eigenvalue weighted by Gasteiger charge is -2.14. The summed E-state index contributed by atoms with van der Waals surface area (Å²) in [5.41, 5.74) is 2.64. The second kappa shape index (κ2) is 11.2. The van der Waals surface area contributed by atoms with Crippen molar-refractivity contribution in [2.24, 2.45) is 4.99 Å². The molecule has 0 spiro atoms. The minimum absolute atomic E-state index is 0. The lowest BCUT2D eigenvalue weighted by atomic mass is 10.1. The summed E-state index contributed by atoms with van der Waals surface area (Å²) < 4.78 is 28.9. The molecule has 1 heterocycles. The van der Waals surface area contributed by atoms with Gasteiger partial charge in [-0.05, 0) is 37.1 Å². The number of hydrogen-bond acceptors (Lipinski definition) is 5. The molecule has 0 unspecified atom stereocenters. The van der Waals surface area contributed by atoms with E-state index in [0.717, 1.165) is 16.7 Å². The Morgan fingerprint density at radius 2 is 1.93 bits per heavy atom. The van der Waals surface area contributed by atoms with Crippen molar-refractivity contribution in [3.63, 3.8) is 0 Å². The standard InChI is InChI=1S/C19H26N4O3S.HI/c1-5-26-18-16(7-6-10-21-18)13-23-19(20-3)22-12-15-8-9-17(14(2)11-15)27(4,24)25;/h6-11H,5,12-13H2,1-4H3,(H2,20,22,23);1H.